The van der Waals surface area contributed by atoms with Gasteiger partial charge in [-0.15, -0.1) is 0 Å². The van der Waals surface area contributed by atoms with Crippen LogP contribution in [0.1, 0.15) is 0 Å². The summed E-state index contributed by atoms with van der Waals surface area (Å²) < 4.78 is 5.96. The SMILES string of the molecule is O=c1[nH]c2cnn(-c3ccccc3)c(=O)c2o1. The van der Waals surface area contributed by atoms with Crippen LogP contribution in [-0.4, -0.2) is 14.8 Å². The van der Waals surface area contributed by atoms with Crippen molar-refractivity contribution in [2.45, 2.75) is 0 Å². The minimum Gasteiger partial charge on any atom is -0.402 e. The molecule has 6 heteroatoms. The summed E-state index contributed by atoms with van der Waals surface area (Å²) in [6, 6.07) is 8.90. The maximum absolute atomic E-state index is 12.0. The molecule has 84 valence electrons. The van der Waals surface area contributed by atoms with E-state index in [1.54, 1.807) is 24.3 Å². The first-order chi connectivity index (χ1) is 8.25. The number of H-pyrrole nitrogens is 1. The predicted molar refractivity (Wildman–Crippen MR) is 60.2 cm³/mol. The van der Waals surface area contributed by atoms with Crippen LogP contribution in [0.4, 0.5) is 0 Å². The molecule has 3 aromatic rings. The lowest BCUT2D eigenvalue weighted by Crippen LogP contribution is -2.20. The Hall–Kier alpha value is -2.63. The summed E-state index contributed by atoms with van der Waals surface area (Å²) in [6.45, 7) is 0. The maximum Gasteiger partial charge on any atom is 0.417 e. The maximum atomic E-state index is 12.0. The first-order valence-corrected chi connectivity index (χ1v) is 4.92. The van der Waals surface area contributed by atoms with Crippen LogP contribution < -0.4 is 11.3 Å². The van der Waals surface area contributed by atoms with Crippen molar-refractivity contribution in [2.75, 3.05) is 0 Å². The summed E-state index contributed by atoms with van der Waals surface area (Å²) in [5.41, 5.74) is 0.427. The van der Waals surface area contributed by atoms with E-state index >= 15 is 0 Å². The van der Waals surface area contributed by atoms with Crippen LogP contribution in [0.3, 0.4) is 0 Å². The number of para-hydroxylation sites is 1. The van der Waals surface area contributed by atoms with E-state index in [4.69, 9.17) is 4.42 Å². The normalized spacial score (nSPS) is 10.8. The number of hydrogen-bond donors (Lipinski definition) is 1. The lowest BCUT2D eigenvalue weighted by Gasteiger charge is -2.01. The second-order valence-electron chi connectivity index (χ2n) is 3.45. The molecule has 2 aromatic heterocycles. The molecule has 0 saturated heterocycles. The van der Waals surface area contributed by atoms with Gasteiger partial charge in [-0.2, -0.15) is 9.78 Å². The van der Waals surface area contributed by atoms with Crippen molar-refractivity contribution in [3.63, 3.8) is 0 Å². The molecule has 0 aliphatic carbocycles. The van der Waals surface area contributed by atoms with E-state index in [1.165, 1.54) is 10.9 Å². The molecule has 0 amide bonds. The fourth-order valence-corrected chi connectivity index (χ4v) is 1.61. The highest BCUT2D eigenvalue weighted by molar-refractivity contribution is 5.69. The number of fused-ring (bicyclic) bond motifs is 1. The van der Waals surface area contributed by atoms with Gasteiger partial charge in [0.15, 0.2) is 0 Å². The fourth-order valence-electron chi connectivity index (χ4n) is 1.61. The van der Waals surface area contributed by atoms with E-state index in [1.807, 2.05) is 6.07 Å². The molecule has 1 aromatic carbocycles. The van der Waals surface area contributed by atoms with Crippen molar-refractivity contribution in [2.24, 2.45) is 0 Å². The third-order valence-electron chi connectivity index (χ3n) is 2.37. The lowest BCUT2D eigenvalue weighted by atomic mass is 10.3. The highest BCUT2D eigenvalue weighted by Crippen LogP contribution is 2.05. The Labute approximate surface area is 94.1 Å². The molecule has 17 heavy (non-hydrogen) atoms. The van der Waals surface area contributed by atoms with E-state index in [9.17, 15) is 9.59 Å². The second kappa shape index (κ2) is 3.44. The average molecular weight is 229 g/mol. The molecule has 0 radical (unpaired) electrons. The number of aromatic nitrogens is 3. The summed E-state index contributed by atoms with van der Waals surface area (Å²) in [5, 5.41) is 3.96. The molecule has 0 spiro atoms. The monoisotopic (exact) mass is 229 g/mol. The second-order valence-corrected chi connectivity index (χ2v) is 3.45. The minimum absolute atomic E-state index is 0.0196. The van der Waals surface area contributed by atoms with Crippen molar-refractivity contribution in [3.8, 4) is 5.69 Å². The van der Waals surface area contributed by atoms with E-state index in [0.29, 0.717) is 11.2 Å². The van der Waals surface area contributed by atoms with Crippen molar-refractivity contribution in [1.82, 2.24) is 14.8 Å². The Bertz CT molecular complexity index is 783. The van der Waals surface area contributed by atoms with Crippen LogP contribution in [0.5, 0.6) is 0 Å². The average Bonchev–Trinajstić information content (AvgIpc) is 2.72. The van der Waals surface area contributed by atoms with Gasteiger partial charge in [0.2, 0.25) is 5.58 Å². The molecule has 1 N–H and O–H groups in total. The van der Waals surface area contributed by atoms with Gasteiger partial charge in [0.25, 0.3) is 0 Å². The van der Waals surface area contributed by atoms with Gasteiger partial charge in [0.1, 0.15) is 5.52 Å². The molecule has 0 atom stereocenters. The molecule has 0 aliphatic rings. The number of aromatic amines is 1. The van der Waals surface area contributed by atoms with Crippen LogP contribution in [0.2, 0.25) is 0 Å². The standard InChI is InChI=1S/C11H7N3O3/c15-10-9-8(13-11(16)17-9)6-12-14(10)7-4-2-1-3-5-7/h1-6H,(H,13,16). The van der Waals surface area contributed by atoms with E-state index in [2.05, 4.69) is 10.1 Å². The Morgan fingerprint density at radius 2 is 1.94 bits per heavy atom. The molecule has 0 aliphatic heterocycles. The molecular weight excluding hydrogens is 222 g/mol. The summed E-state index contributed by atoms with van der Waals surface area (Å²) in [7, 11) is 0. The van der Waals surface area contributed by atoms with Gasteiger partial charge < -0.3 is 4.42 Å². The Balaban J connectivity index is 2.36. The molecule has 3 rings (SSSR count). The predicted octanol–water partition coefficient (Wildman–Crippen LogP) is 0.667. The van der Waals surface area contributed by atoms with Crippen LogP contribution in [0, 0.1) is 0 Å². The van der Waals surface area contributed by atoms with Gasteiger partial charge in [-0.3, -0.25) is 9.78 Å². The largest absolute Gasteiger partial charge is 0.417 e. The quantitative estimate of drug-likeness (QED) is 0.664. The van der Waals surface area contributed by atoms with Crippen LogP contribution in [-0.2, 0) is 0 Å². The van der Waals surface area contributed by atoms with E-state index in [0.717, 1.165) is 0 Å². The van der Waals surface area contributed by atoms with Crippen LogP contribution in [0.25, 0.3) is 16.8 Å². The highest BCUT2D eigenvalue weighted by Gasteiger charge is 2.10. The number of hydrogen-bond acceptors (Lipinski definition) is 4. The van der Waals surface area contributed by atoms with Gasteiger partial charge in [0, 0.05) is 0 Å². The third kappa shape index (κ3) is 1.46. The Kier molecular flexibility index (Phi) is 1.94. The van der Waals surface area contributed by atoms with Crippen molar-refractivity contribution in [3.05, 3.63) is 57.4 Å². The van der Waals surface area contributed by atoms with Crippen LogP contribution in [0.15, 0.2) is 50.5 Å². The van der Waals surface area contributed by atoms with Crippen LogP contribution >= 0.6 is 0 Å². The Morgan fingerprint density at radius 3 is 2.71 bits per heavy atom. The molecule has 0 unspecified atom stereocenters. The lowest BCUT2D eigenvalue weighted by molar-refractivity contribution is 0.548. The first-order valence-electron chi connectivity index (χ1n) is 4.92. The molecular formula is C11H7N3O3. The summed E-state index contributed by atoms with van der Waals surface area (Å²) in [4.78, 5) is 25.4. The zero-order valence-electron chi connectivity index (χ0n) is 8.58. The smallest absolute Gasteiger partial charge is 0.402 e. The molecule has 0 saturated carbocycles. The highest BCUT2D eigenvalue weighted by atomic mass is 16.4. The third-order valence-corrected chi connectivity index (χ3v) is 2.37. The van der Waals surface area contributed by atoms with Crippen molar-refractivity contribution in [1.29, 1.82) is 0 Å². The van der Waals surface area contributed by atoms with E-state index < -0.39 is 11.3 Å². The van der Waals surface area contributed by atoms with Gasteiger partial charge in [-0.25, -0.2) is 4.79 Å². The number of nitrogens with one attached hydrogen (secondary N) is 1. The van der Waals surface area contributed by atoms with Crippen molar-refractivity contribution < 1.29 is 4.42 Å². The Morgan fingerprint density at radius 1 is 1.18 bits per heavy atom. The summed E-state index contributed by atoms with van der Waals surface area (Å²) in [5.74, 6) is -0.662. The summed E-state index contributed by atoms with van der Waals surface area (Å²) >= 11 is 0. The number of nitrogens with zero attached hydrogens (tertiary/aromatic N) is 2. The molecule has 6 nitrogen and oxygen atoms in total. The van der Waals surface area contributed by atoms with Crippen molar-refractivity contribution >= 4 is 11.1 Å². The number of oxazole rings is 1. The van der Waals surface area contributed by atoms with Gasteiger partial charge >= 0.3 is 11.3 Å². The zero-order chi connectivity index (χ0) is 11.8. The van der Waals surface area contributed by atoms with Gasteiger partial charge in [0.05, 0.1) is 11.9 Å². The summed E-state index contributed by atoms with van der Waals surface area (Å²) in [6.07, 6.45) is 1.38. The van der Waals surface area contributed by atoms with Gasteiger partial charge in [-0.05, 0) is 12.1 Å². The topological polar surface area (TPSA) is 80.9 Å². The van der Waals surface area contributed by atoms with E-state index in [-0.39, 0.29) is 5.58 Å². The molecule has 2 heterocycles. The number of benzene rings is 1. The van der Waals surface area contributed by atoms with Gasteiger partial charge in [-0.1, -0.05) is 18.2 Å². The fraction of sp³-hybridized carbons (Fsp3) is 0. The molecule has 0 bridgehead atoms. The minimum atomic E-state index is -0.662. The number of rotatable bonds is 1. The first kappa shape index (κ1) is 9.59. The molecule has 0 fully saturated rings. The zero-order valence-corrected chi connectivity index (χ0v) is 8.58.